The number of imidazole rings is 1. The lowest BCUT2D eigenvalue weighted by Crippen LogP contribution is -2.45. The minimum absolute atomic E-state index is 0.0894. The van der Waals surface area contributed by atoms with Crippen LogP contribution in [0.3, 0.4) is 0 Å². The maximum atomic E-state index is 14.2. The number of aromatic nitrogens is 4. The topological polar surface area (TPSA) is 106 Å². The van der Waals surface area contributed by atoms with E-state index in [1.165, 1.54) is 18.7 Å². The molecule has 0 spiro atoms. The monoisotopic (exact) mass is 537 g/mol. The average Bonchev–Trinajstić information content (AvgIpc) is 3.58. The van der Waals surface area contributed by atoms with Crippen LogP contribution in [0.4, 0.5) is 24.5 Å². The maximum Gasteiger partial charge on any atom is 0.418 e. The molecule has 1 saturated heterocycles. The van der Waals surface area contributed by atoms with Gasteiger partial charge in [-0.3, -0.25) is 4.79 Å². The van der Waals surface area contributed by atoms with Gasteiger partial charge in [-0.2, -0.15) is 13.2 Å². The summed E-state index contributed by atoms with van der Waals surface area (Å²) in [6.07, 6.45) is -1.73. The van der Waals surface area contributed by atoms with Crippen LogP contribution in [0.25, 0.3) is 33.3 Å². The van der Waals surface area contributed by atoms with Crippen molar-refractivity contribution in [2.24, 2.45) is 0 Å². The van der Waals surface area contributed by atoms with E-state index >= 15 is 0 Å². The van der Waals surface area contributed by atoms with E-state index in [4.69, 9.17) is 4.42 Å². The Morgan fingerprint density at radius 1 is 1.08 bits per heavy atom. The van der Waals surface area contributed by atoms with Crippen molar-refractivity contribution in [2.75, 3.05) is 43.4 Å². The van der Waals surface area contributed by atoms with E-state index < -0.39 is 17.3 Å². The van der Waals surface area contributed by atoms with Crippen molar-refractivity contribution >= 4 is 33.3 Å². The number of oxazole rings is 1. The van der Waals surface area contributed by atoms with Crippen LogP contribution in [0.1, 0.15) is 24.2 Å². The van der Waals surface area contributed by atoms with Crippen LogP contribution in [0.15, 0.2) is 58.3 Å². The highest BCUT2D eigenvalue weighted by molar-refractivity contribution is 5.99. The molecule has 9 nitrogen and oxygen atoms in total. The fourth-order valence-corrected chi connectivity index (χ4v) is 5.05. The molecule has 3 aromatic heterocycles. The second-order valence-corrected chi connectivity index (χ2v) is 9.79. The minimum atomic E-state index is -4.56. The molecular weight excluding hydrogens is 511 g/mol. The number of H-pyrrole nitrogens is 2. The Kier molecular flexibility index (Phi) is 6.06. The van der Waals surface area contributed by atoms with Gasteiger partial charge in [-0.05, 0) is 32.2 Å². The number of pyridine rings is 1. The van der Waals surface area contributed by atoms with Crippen LogP contribution < -0.4 is 15.8 Å². The molecule has 0 bridgehead atoms. The van der Waals surface area contributed by atoms with Gasteiger partial charge < -0.3 is 29.5 Å². The Balaban J connectivity index is 1.52. The van der Waals surface area contributed by atoms with Crippen LogP contribution >= 0.6 is 0 Å². The second-order valence-electron chi connectivity index (χ2n) is 9.79. The van der Waals surface area contributed by atoms with Gasteiger partial charge in [-0.15, -0.1) is 0 Å². The number of nitrogens with one attached hydrogen (secondary N) is 3. The molecule has 1 aliphatic rings. The number of piperazine rings is 1. The summed E-state index contributed by atoms with van der Waals surface area (Å²) in [5.74, 6) is 0.163. The SMILES string of the molecule is CC(Nc1c(-c2nc3cc(N4CCN(C)CC4)c(C(F)(F)F)cc3[nH]2)c(=O)[nH]c2ccccc12)c1cocn1. The van der Waals surface area contributed by atoms with E-state index in [1.807, 2.05) is 32.2 Å². The van der Waals surface area contributed by atoms with Gasteiger partial charge in [0.05, 0.1) is 39.5 Å². The highest BCUT2D eigenvalue weighted by Crippen LogP contribution is 2.40. The van der Waals surface area contributed by atoms with Gasteiger partial charge in [0.15, 0.2) is 6.39 Å². The molecule has 1 aliphatic heterocycles. The summed E-state index contributed by atoms with van der Waals surface area (Å²) in [4.78, 5) is 31.9. The number of hydrogen-bond donors (Lipinski definition) is 3. The van der Waals surface area contributed by atoms with Crippen LogP contribution in [0, 0.1) is 0 Å². The fraction of sp³-hybridized carbons (Fsp3) is 0.296. The van der Waals surface area contributed by atoms with E-state index in [2.05, 4.69) is 30.2 Å². The number of hydrogen-bond acceptors (Lipinski definition) is 7. The van der Waals surface area contributed by atoms with Gasteiger partial charge in [-0.1, -0.05) is 18.2 Å². The van der Waals surface area contributed by atoms with Crippen LogP contribution in [0.5, 0.6) is 0 Å². The molecule has 2 aromatic carbocycles. The van der Waals surface area contributed by atoms with E-state index in [0.717, 1.165) is 11.5 Å². The number of halogens is 3. The molecule has 3 N–H and O–H groups in total. The summed E-state index contributed by atoms with van der Waals surface area (Å²) in [6.45, 7) is 4.13. The summed E-state index contributed by atoms with van der Waals surface area (Å²) in [5, 5.41) is 4.07. The predicted molar refractivity (Wildman–Crippen MR) is 143 cm³/mol. The Hall–Kier alpha value is -4.32. The van der Waals surface area contributed by atoms with Gasteiger partial charge in [0.2, 0.25) is 0 Å². The van der Waals surface area contributed by atoms with E-state index in [-0.39, 0.29) is 28.6 Å². The third-order valence-corrected chi connectivity index (χ3v) is 7.16. The van der Waals surface area contributed by atoms with Gasteiger partial charge in [-0.25, -0.2) is 9.97 Å². The number of para-hydroxylation sites is 1. The molecule has 0 radical (unpaired) electrons. The smallest absolute Gasteiger partial charge is 0.418 e. The maximum absolute atomic E-state index is 14.2. The van der Waals surface area contributed by atoms with E-state index in [9.17, 15) is 18.0 Å². The zero-order valence-electron chi connectivity index (χ0n) is 21.3. The molecule has 1 atom stereocenters. The van der Waals surface area contributed by atoms with E-state index in [1.54, 1.807) is 11.0 Å². The van der Waals surface area contributed by atoms with Gasteiger partial charge in [0, 0.05) is 31.6 Å². The van der Waals surface area contributed by atoms with Crippen molar-refractivity contribution < 1.29 is 17.6 Å². The second kappa shape index (κ2) is 9.45. The third-order valence-electron chi connectivity index (χ3n) is 7.16. The number of anilines is 2. The summed E-state index contributed by atoms with van der Waals surface area (Å²) >= 11 is 0. The molecule has 12 heteroatoms. The zero-order valence-corrected chi connectivity index (χ0v) is 21.3. The normalized spacial score (nSPS) is 15.8. The lowest BCUT2D eigenvalue weighted by Gasteiger charge is -2.35. The molecule has 6 rings (SSSR count). The molecule has 5 aromatic rings. The third kappa shape index (κ3) is 4.60. The summed E-state index contributed by atoms with van der Waals surface area (Å²) in [6, 6.07) is 9.49. The summed E-state index contributed by atoms with van der Waals surface area (Å²) in [7, 11) is 1.95. The first-order valence-corrected chi connectivity index (χ1v) is 12.5. The van der Waals surface area contributed by atoms with Crippen molar-refractivity contribution in [3.8, 4) is 11.4 Å². The summed E-state index contributed by atoms with van der Waals surface area (Å²) < 4.78 is 47.6. The first-order chi connectivity index (χ1) is 18.7. The molecule has 0 aliphatic carbocycles. The summed E-state index contributed by atoms with van der Waals surface area (Å²) in [5.41, 5.74) is 1.36. The molecule has 1 unspecified atom stereocenters. The van der Waals surface area contributed by atoms with Crippen molar-refractivity contribution in [3.05, 3.63) is 70.7 Å². The predicted octanol–water partition coefficient (Wildman–Crippen LogP) is 5.00. The lowest BCUT2D eigenvalue weighted by molar-refractivity contribution is -0.137. The quantitative estimate of drug-likeness (QED) is 0.290. The Morgan fingerprint density at radius 3 is 2.56 bits per heavy atom. The standard InChI is InChI=1S/C27H26F3N7O2/c1-15(21-13-39-14-31-21)32-24-16-5-3-4-6-18(16)35-26(38)23(24)25-33-19-11-17(27(28,29)30)22(12-20(19)34-25)37-9-7-36(2)8-10-37/h3-6,11-15H,7-10H2,1-2H3,(H,33,34)(H2,32,35,38). The van der Waals surface area contributed by atoms with Crippen molar-refractivity contribution in [3.63, 3.8) is 0 Å². The lowest BCUT2D eigenvalue weighted by atomic mass is 10.1. The first-order valence-electron chi connectivity index (χ1n) is 12.5. The largest absolute Gasteiger partial charge is 0.451 e. The Morgan fingerprint density at radius 2 is 1.85 bits per heavy atom. The van der Waals surface area contributed by atoms with Gasteiger partial charge in [0.1, 0.15) is 23.3 Å². The molecule has 1 fully saturated rings. The molecule has 202 valence electrons. The zero-order chi connectivity index (χ0) is 27.3. The van der Waals surface area contributed by atoms with Crippen molar-refractivity contribution in [1.82, 2.24) is 24.8 Å². The first kappa shape index (κ1) is 25.0. The highest BCUT2D eigenvalue weighted by atomic mass is 19.4. The van der Waals surface area contributed by atoms with Gasteiger partial charge >= 0.3 is 6.18 Å². The van der Waals surface area contributed by atoms with Crippen LogP contribution in [-0.2, 0) is 6.18 Å². The van der Waals surface area contributed by atoms with Crippen molar-refractivity contribution in [2.45, 2.75) is 19.1 Å². The number of likely N-dealkylation sites (N-methyl/N-ethyl adjacent to an activating group) is 1. The number of nitrogens with zero attached hydrogens (tertiary/aromatic N) is 4. The fourth-order valence-electron chi connectivity index (χ4n) is 5.05. The molecule has 0 amide bonds. The molecule has 4 heterocycles. The van der Waals surface area contributed by atoms with Crippen LogP contribution in [-0.4, -0.2) is 58.1 Å². The number of fused-ring (bicyclic) bond motifs is 2. The van der Waals surface area contributed by atoms with Crippen LogP contribution in [0.2, 0.25) is 0 Å². The molecular formula is C27H26F3N7O2. The number of aromatic amines is 2. The van der Waals surface area contributed by atoms with Crippen molar-refractivity contribution in [1.29, 1.82) is 0 Å². The molecule has 39 heavy (non-hydrogen) atoms. The van der Waals surface area contributed by atoms with Gasteiger partial charge in [0.25, 0.3) is 5.56 Å². The highest BCUT2D eigenvalue weighted by Gasteiger charge is 2.36. The van der Waals surface area contributed by atoms with E-state index in [0.29, 0.717) is 48.6 Å². The number of rotatable bonds is 5. The average molecular weight is 538 g/mol. The molecule has 0 saturated carbocycles. The number of benzene rings is 2. The minimum Gasteiger partial charge on any atom is -0.451 e. The Labute approximate surface area is 220 Å². The number of alkyl halides is 3. The Bertz CT molecular complexity index is 1700.